The molecule has 0 spiro atoms. The molecule has 2 aromatic rings. The average Bonchev–Trinajstić information content (AvgIpc) is 2.86. The first-order valence-electron chi connectivity index (χ1n) is 7.03. The summed E-state index contributed by atoms with van der Waals surface area (Å²) in [5, 5.41) is 0. The van der Waals surface area contributed by atoms with Crippen LogP contribution in [0.5, 0.6) is 0 Å². The molecule has 1 aromatic heterocycles. The van der Waals surface area contributed by atoms with Gasteiger partial charge in [-0.25, -0.2) is 4.98 Å². The van der Waals surface area contributed by atoms with Crippen molar-refractivity contribution in [2.75, 3.05) is 18.8 Å². The van der Waals surface area contributed by atoms with E-state index < -0.39 is 0 Å². The summed E-state index contributed by atoms with van der Waals surface area (Å²) in [6.07, 6.45) is 0.232. The average molecular weight is 322 g/mol. The zero-order valence-electron chi connectivity index (χ0n) is 12.1. The predicted octanol–water partition coefficient (Wildman–Crippen LogP) is 3.02. The minimum absolute atomic E-state index is 0.116. The van der Waals surface area contributed by atoms with Gasteiger partial charge in [0.25, 0.3) is 0 Å². The van der Waals surface area contributed by atoms with E-state index in [2.05, 4.69) is 11.1 Å². The number of ether oxygens (including phenoxy) is 1. The number of morpholine rings is 1. The van der Waals surface area contributed by atoms with Gasteiger partial charge >= 0.3 is 0 Å². The van der Waals surface area contributed by atoms with Gasteiger partial charge in [0.2, 0.25) is 5.91 Å². The van der Waals surface area contributed by atoms with Crippen molar-refractivity contribution in [3.8, 4) is 0 Å². The Bertz CT molecular complexity index is 600. The van der Waals surface area contributed by atoms with Gasteiger partial charge in [0, 0.05) is 13.1 Å². The van der Waals surface area contributed by atoms with Crippen LogP contribution in [0, 0.1) is 0 Å². The van der Waals surface area contributed by atoms with Crippen molar-refractivity contribution in [3.05, 3.63) is 24.3 Å². The minimum Gasteiger partial charge on any atom is -0.372 e. The van der Waals surface area contributed by atoms with E-state index in [1.807, 2.05) is 36.9 Å². The molecule has 4 nitrogen and oxygen atoms in total. The number of amides is 1. The maximum Gasteiger partial charge on any atom is 0.233 e. The van der Waals surface area contributed by atoms with E-state index in [0.717, 1.165) is 9.86 Å². The number of hydrogen-bond acceptors (Lipinski definition) is 5. The number of thioether (sulfide) groups is 1. The van der Waals surface area contributed by atoms with Crippen LogP contribution in [0.1, 0.15) is 13.8 Å². The largest absolute Gasteiger partial charge is 0.372 e. The van der Waals surface area contributed by atoms with Gasteiger partial charge < -0.3 is 9.64 Å². The third kappa shape index (κ3) is 3.56. The molecule has 1 aliphatic heterocycles. The molecule has 3 rings (SSSR count). The molecule has 2 heterocycles. The van der Waals surface area contributed by atoms with Crippen molar-refractivity contribution < 1.29 is 9.53 Å². The summed E-state index contributed by atoms with van der Waals surface area (Å²) >= 11 is 3.17. The second kappa shape index (κ2) is 6.34. The first kappa shape index (κ1) is 14.8. The van der Waals surface area contributed by atoms with Crippen molar-refractivity contribution in [1.29, 1.82) is 0 Å². The Morgan fingerprint density at radius 1 is 1.38 bits per heavy atom. The number of aromatic nitrogens is 1. The molecule has 0 aliphatic carbocycles. The van der Waals surface area contributed by atoms with Crippen molar-refractivity contribution in [1.82, 2.24) is 9.88 Å². The number of carbonyl (C=O) groups excluding carboxylic acids is 1. The van der Waals surface area contributed by atoms with Crippen molar-refractivity contribution >= 4 is 39.2 Å². The summed E-state index contributed by atoms with van der Waals surface area (Å²) in [5.74, 6) is 0.612. The Morgan fingerprint density at radius 2 is 2.10 bits per heavy atom. The first-order valence-corrected chi connectivity index (χ1v) is 8.83. The molecule has 112 valence electrons. The van der Waals surface area contributed by atoms with E-state index in [9.17, 15) is 4.79 Å². The van der Waals surface area contributed by atoms with Gasteiger partial charge in [-0.3, -0.25) is 4.79 Å². The third-order valence-corrected chi connectivity index (χ3v) is 5.53. The molecule has 0 saturated carbocycles. The lowest BCUT2D eigenvalue weighted by atomic mass is 10.2. The number of carbonyl (C=O) groups is 1. The maximum atomic E-state index is 12.3. The fraction of sp³-hybridized carbons (Fsp3) is 0.467. The highest BCUT2D eigenvalue weighted by Gasteiger charge is 2.25. The number of nitrogens with zero attached hydrogens (tertiary/aromatic N) is 2. The second-order valence-corrected chi connectivity index (χ2v) is 7.55. The van der Waals surface area contributed by atoms with Gasteiger partial charge in [-0.15, -0.1) is 11.3 Å². The molecular formula is C15H18N2O2S2. The Morgan fingerprint density at radius 3 is 2.81 bits per heavy atom. The van der Waals surface area contributed by atoms with Gasteiger partial charge in [0.05, 0.1) is 28.2 Å². The number of thiazole rings is 1. The molecule has 2 atom stereocenters. The van der Waals surface area contributed by atoms with Gasteiger partial charge in [-0.1, -0.05) is 23.9 Å². The van der Waals surface area contributed by atoms with E-state index in [-0.39, 0.29) is 18.1 Å². The summed E-state index contributed by atoms with van der Waals surface area (Å²) in [5.41, 5.74) is 1.01. The van der Waals surface area contributed by atoms with Gasteiger partial charge in [0.15, 0.2) is 4.34 Å². The Kier molecular flexibility index (Phi) is 4.47. The molecule has 0 unspecified atom stereocenters. The van der Waals surface area contributed by atoms with E-state index >= 15 is 0 Å². The Hall–Kier alpha value is -1.11. The molecule has 0 radical (unpaired) electrons. The topological polar surface area (TPSA) is 42.4 Å². The number of fused-ring (bicyclic) bond motifs is 1. The van der Waals surface area contributed by atoms with Crippen LogP contribution in [-0.2, 0) is 9.53 Å². The van der Waals surface area contributed by atoms with Crippen LogP contribution >= 0.6 is 23.1 Å². The van der Waals surface area contributed by atoms with Crippen LogP contribution in [-0.4, -0.2) is 46.8 Å². The number of para-hydroxylation sites is 1. The van der Waals surface area contributed by atoms with Crippen LogP contribution in [0.15, 0.2) is 28.6 Å². The van der Waals surface area contributed by atoms with Gasteiger partial charge in [-0.05, 0) is 26.0 Å². The standard InChI is InChI=1S/C15H18N2O2S2/c1-10-7-17(8-11(2)19-10)14(18)9-20-15-16-12-5-3-4-6-13(12)21-15/h3-6,10-11H,7-9H2,1-2H3/t10-,11-/m0/s1. The minimum atomic E-state index is 0.116. The normalized spacial score (nSPS) is 22.7. The quantitative estimate of drug-likeness (QED) is 0.815. The van der Waals surface area contributed by atoms with Crippen LogP contribution in [0.3, 0.4) is 0 Å². The van der Waals surface area contributed by atoms with E-state index in [4.69, 9.17) is 4.74 Å². The van der Waals surface area contributed by atoms with Crippen LogP contribution in [0.25, 0.3) is 10.2 Å². The molecule has 1 saturated heterocycles. The highest BCUT2D eigenvalue weighted by molar-refractivity contribution is 8.01. The molecular weight excluding hydrogens is 304 g/mol. The lowest BCUT2D eigenvalue weighted by Crippen LogP contribution is -2.48. The summed E-state index contributed by atoms with van der Waals surface area (Å²) in [4.78, 5) is 18.8. The second-order valence-electron chi connectivity index (χ2n) is 5.29. The zero-order valence-corrected chi connectivity index (χ0v) is 13.7. The molecule has 0 N–H and O–H groups in total. The predicted molar refractivity (Wildman–Crippen MR) is 86.9 cm³/mol. The lowest BCUT2D eigenvalue weighted by Gasteiger charge is -2.35. The van der Waals surface area contributed by atoms with Crippen molar-refractivity contribution in [3.63, 3.8) is 0 Å². The third-order valence-electron chi connectivity index (χ3n) is 3.37. The first-order chi connectivity index (χ1) is 10.1. The Labute approximate surface area is 132 Å². The molecule has 1 fully saturated rings. The molecule has 1 aromatic carbocycles. The maximum absolute atomic E-state index is 12.3. The Balaban J connectivity index is 1.60. The van der Waals surface area contributed by atoms with E-state index in [1.54, 1.807) is 11.3 Å². The highest BCUT2D eigenvalue weighted by Crippen LogP contribution is 2.29. The summed E-state index contributed by atoms with van der Waals surface area (Å²) in [6, 6.07) is 8.06. The number of rotatable bonds is 3. The highest BCUT2D eigenvalue weighted by atomic mass is 32.2. The molecule has 0 bridgehead atoms. The smallest absolute Gasteiger partial charge is 0.233 e. The van der Waals surface area contributed by atoms with E-state index in [0.29, 0.717) is 18.8 Å². The molecule has 1 amide bonds. The molecule has 21 heavy (non-hydrogen) atoms. The van der Waals surface area contributed by atoms with Crippen LogP contribution in [0.2, 0.25) is 0 Å². The zero-order chi connectivity index (χ0) is 14.8. The van der Waals surface area contributed by atoms with Gasteiger partial charge in [-0.2, -0.15) is 0 Å². The SMILES string of the molecule is C[C@H]1CN(C(=O)CSc2nc3ccccc3s2)C[C@H](C)O1. The van der Waals surface area contributed by atoms with E-state index in [1.165, 1.54) is 16.5 Å². The summed E-state index contributed by atoms with van der Waals surface area (Å²) in [7, 11) is 0. The monoisotopic (exact) mass is 322 g/mol. The summed E-state index contributed by atoms with van der Waals surface area (Å²) in [6.45, 7) is 5.39. The van der Waals surface area contributed by atoms with Crippen molar-refractivity contribution in [2.45, 2.75) is 30.4 Å². The fourth-order valence-electron chi connectivity index (χ4n) is 2.51. The lowest BCUT2D eigenvalue weighted by molar-refractivity contribution is -0.140. The molecule has 1 aliphatic rings. The molecule has 6 heteroatoms. The fourth-order valence-corrected chi connectivity index (χ4v) is 4.48. The van der Waals surface area contributed by atoms with Crippen molar-refractivity contribution in [2.24, 2.45) is 0 Å². The number of hydrogen-bond donors (Lipinski definition) is 0. The van der Waals surface area contributed by atoms with Crippen LogP contribution < -0.4 is 0 Å². The van der Waals surface area contributed by atoms with Crippen LogP contribution in [0.4, 0.5) is 0 Å². The number of benzene rings is 1. The van der Waals surface area contributed by atoms with Gasteiger partial charge in [0.1, 0.15) is 0 Å². The summed E-state index contributed by atoms with van der Waals surface area (Å²) < 4.78 is 7.78.